The van der Waals surface area contributed by atoms with Crippen LogP contribution in [0.15, 0.2) is 17.2 Å². The molecule has 1 aromatic rings. The highest BCUT2D eigenvalue weighted by atomic mass is 16.4. The predicted molar refractivity (Wildman–Crippen MR) is 48.6 cm³/mol. The summed E-state index contributed by atoms with van der Waals surface area (Å²) in [4.78, 5) is 13.1. The van der Waals surface area contributed by atoms with E-state index in [0.717, 1.165) is 0 Å². The molecule has 72 valence electrons. The van der Waals surface area contributed by atoms with Gasteiger partial charge in [-0.15, -0.1) is 0 Å². The summed E-state index contributed by atoms with van der Waals surface area (Å²) in [5, 5.41) is 21.4. The van der Waals surface area contributed by atoms with Crippen molar-refractivity contribution in [2.45, 2.75) is 6.92 Å². The zero-order chi connectivity index (χ0) is 10.7. The van der Waals surface area contributed by atoms with E-state index < -0.39 is 5.97 Å². The molecule has 6 nitrogen and oxygen atoms in total. The van der Waals surface area contributed by atoms with Crippen LogP contribution in [0.3, 0.4) is 0 Å². The second-order valence-corrected chi connectivity index (χ2v) is 2.60. The van der Waals surface area contributed by atoms with Gasteiger partial charge in [-0.3, -0.25) is 0 Å². The Bertz CT molecular complexity index is 409. The van der Waals surface area contributed by atoms with Gasteiger partial charge in [0, 0.05) is 16.2 Å². The van der Waals surface area contributed by atoms with Gasteiger partial charge in [0.25, 0.3) is 0 Å². The number of nitrogens with zero attached hydrogens (tertiary/aromatic N) is 3. The Labute approximate surface area is 79.0 Å². The molecular formula is C8H7N3O3. The van der Waals surface area contributed by atoms with Crippen LogP contribution in [-0.4, -0.2) is 16.2 Å². The van der Waals surface area contributed by atoms with Crippen molar-refractivity contribution >= 4 is 11.7 Å². The Morgan fingerprint density at radius 1 is 1.57 bits per heavy atom. The molecule has 0 bridgehead atoms. The van der Waals surface area contributed by atoms with Gasteiger partial charge in [-0.1, -0.05) is 11.2 Å². The van der Waals surface area contributed by atoms with E-state index in [0.29, 0.717) is 0 Å². The molecule has 0 amide bonds. The maximum Gasteiger partial charge on any atom is 0.339 e. The molecule has 0 unspecified atom stereocenters. The zero-order valence-electron chi connectivity index (χ0n) is 7.30. The van der Waals surface area contributed by atoms with Gasteiger partial charge < -0.3 is 10.2 Å². The van der Waals surface area contributed by atoms with Crippen molar-refractivity contribution in [3.8, 4) is 5.75 Å². The van der Waals surface area contributed by atoms with E-state index in [4.69, 9.17) is 10.6 Å². The van der Waals surface area contributed by atoms with E-state index in [1.165, 1.54) is 19.1 Å². The van der Waals surface area contributed by atoms with Gasteiger partial charge in [0.2, 0.25) is 0 Å². The summed E-state index contributed by atoms with van der Waals surface area (Å²) in [6.45, 7) is 1.48. The van der Waals surface area contributed by atoms with Crippen LogP contribution < -0.4 is 0 Å². The predicted octanol–water partition coefficient (Wildman–Crippen LogP) is 2.34. The fourth-order valence-electron chi connectivity index (χ4n) is 1.02. The highest BCUT2D eigenvalue weighted by Gasteiger charge is 2.13. The molecule has 0 radical (unpaired) electrons. The molecule has 0 heterocycles. The number of hydrogen-bond acceptors (Lipinski definition) is 3. The average molecular weight is 193 g/mol. The third-order valence-corrected chi connectivity index (χ3v) is 1.79. The molecule has 6 heteroatoms. The summed E-state index contributed by atoms with van der Waals surface area (Å²) in [6.07, 6.45) is 0. The normalized spacial score (nSPS) is 9.21. The van der Waals surface area contributed by atoms with E-state index >= 15 is 0 Å². The first-order chi connectivity index (χ1) is 6.57. The number of hydrogen-bond donors (Lipinski definition) is 2. The molecule has 1 aromatic carbocycles. The Morgan fingerprint density at radius 3 is 2.71 bits per heavy atom. The number of carboxylic acid groups (broad SMARTS) is 1. The van der Waals surface area contributed by atoms with Crippen molar-refractivity contribution in [3.05, 3.63) is 33.7 Å². The van der Waals surface area contributed by atoms with Crippen LogP contribution in [0, 0.1) is 6.92 Å². The highest BCUT2D eigenvalue weighted by molar-refractivity contribution is 5.92. The zero-order valence-corrected chi connectivity index (χ0v) is 7.30. The average Bonchev–Trinajstić information content (AvgIpc) is 2.13. The van der Waals surface area contributed by atoms with Crippen LogP contribution in [0.2, 0.25) is 0 Å². The summed E-state index contributed by atoms with van der Waals surface area (Å²) in [7, 11) is 0. The summed E-state index contributed by atoms with van der Waals surface area (Å²) in [5.41, 5.74) is 8.44. The van der Waals surface area contributed by atoms with Crippen molar-refractivity contribution < 1.29 is 15.0 Å². The molecule has 0 fully saturated rings. The van der Waals surface area contributed by atoms with E-state index in [1.807, 2.05) is 0 Å². The maximum absolute atomic E-state index is 10.6. The minimum atomic E-state index is -1.22. The number of benzene rings is 1. The maximum atomic E-state index is 10.6. The van der Waals surface area contributed by atoms with Gasteiger partial charge in [-0.2, -0.15) is 0 Å². The first-order valence-electron chi connectivity index (χ1n) is 3.69. The fourth-order valence-corrected chi connectivity index (χ4v) is 1.02. The second-order valence-electron chi connectivity index (χ2n) is 2.60. The molecule has 0 aliphatic rings. The number of azide groups is 1. The number of aromatic hydroxyl groups is 1. The van der Waals surface area contributed by atoms with Crippen LogP contribution in [0.5, 0.6) is 5.75 Å². The van der Waals surface area contributed by atoms with E-state index in [1.54, 1.807) is 0 Å². The molecule has 2 N–H and O–H groups in total. The fraction of sp³-hybridized carbons (Fsp3) is 0.125. The van der Waals surface area contributed by atoms with E-state index in [-0.39, 0.29) is 22.6 Å². The van der Waals surface area contributed by atoms with E-state index in [9.17, 15) is 9.90 Å². The SMILES string of the molecule is Cc1c(N=[N+]=[N-])ccc(C(=O)O)c1O. The summed E-state index contributed by atoms with van der Waals surface area (Å²) >= 11 is 0. The first kappa shape index (κ1) is 9.88. The molecule has 1 rings (SSSR count). The van der Waals surface area contributed by atoms with Gasteiger partial charge in [0.05, 0.1) is 0 Å². The van der Waals surface area contributed by atoms with Gasteiger partial charge in [-0.05, 0) is 18.5 Å². The summed E-state index contributed by atoms with van der Waals surface area (Å²) in [5.74, 6) is -1.60. The third-order valence-electron chi connectivity index (χ3n) is 1.79. The minimum Gasteiger partial charge on any atom is -0.507 e. The smallest absolute Gasteiger partial charge is 0.339 e. The molecule has 0 spiro atoms. The Hall–Kier alpha value is -2.20. The number of phenols is 1. The molecule has 0 atom stereocenters. The number of carboxylic acids is 1. The topological polar surface area (TPSA) is 106 Å². The molecule has 0 aliphatic carbocycles. The Balaban J connectivity index is 3.40. The molecule has 0 saturated carbocycles. The lowest BCUT2D eigenvalue weighted by Gasteiger charge is -2.04. The molecule has 0 aliphatic heterocycles. The molecule has 0 aromatic heterocycles. The number of aromatic carboxylic acids is 1. The van der Waals surface area contributed by atoms with Gasteiger partial charge in [0.1, 0.15) is 11.3 Å². The van der Waals surface area contributed by atoms with Crippen LogP contribution in [0.4, 0.5) is 5.69 Å². The lowest BCUT2D eigenvalue weighted by Crippen LogP contribution is -1.97. The molecule has 0 saturated heterocycles. The Morgan fingerprint density at radius 2 is 2.21 bits per heavy atom. The van der Waals surface area contributed by atoms with Gasteiger partial charge in [-0.25, -0.2) is 4.79 Å². The standard InChI is InChI=1S/C8H7N3O3/c1-4-6(10-11-9)3-2-5(7(4)12)8(13)14/h2-3,12H,1H3,(H,13,14). The summed E-state index contributed by atoms with van der Waals surface area (Å²) < 4.78 is 0. The lowest BCUT2D eigenvalue weighted by atomic mass is 10.1. The lowest BCUT2D eigenvalue weighted by molar-refractivity contribution is 0.0693. The number of carbonyl (C=O) groups is 1. The second kappa shape index (κ2) is 3.68. The molecular weight excluding hydrogens is 186 g/mol. The summed E-state index contributed by atoms with van der Waals surface area (Å²) in [6, 6.07) is 2.53. The van der Waals surface area contributed by atoms with Crippen molar-refractivity contribution in [1.29, 1.82) is 0 Å². The van der Waals surface area contributed by atoms with Crippen LogP contribution in [0.1, 0.15) is 15.9 Å². The first-order valence-corrected chi connectivity index (χ1v) is 3.69. The van der Waals surface area contributed by atoms with Gasteiger partial charge in [0.15, 0.2) is 0 Å². The Kier molecular flexibility index (Phi) is 2.59. The van der Waals surface area contributed by atoms with Gasteiger partial charge >= 0.3 is 5.97 Å². The van der Waals surface area contributed by atoms with Crippen molar-refractivity contribution in [1.82, 2.24) is 0 Å². The van der Waals surface area contributed by atoms with Crippen molar-refractivity contribution in [3.63, 3.8) is 0 Å². The van der Waals surface area contributed by atoms with Crippen molar-refractivity contribution in [2.75, 3.05) is 0 Å². The quantitative estimate of drug-likeness (QED) is 0.427. The van der Waals surface area contributed by atoms with Crippen molar-refractivity contribution in [2.24, 2.45) is 5.11 Å². The van der Waals surface area contributed by atoms with E-state index in [2.05, 4.69) is 10.0 Å². The molecule has 14 heavy (non-hydrogen) atoms. The monoisotopic (exact) mass is 193 g/mol. The highest BCUT2D eigenvalue weighted by Crippen LogP contribution is 2.30. The minimum absolute atomic E-state index is 0.209. The van der Waals surface area contributed by atoms with Crippen LogP contribution in [0.25, 0.3) is 10.4 Å². The van der Waals surface area contributed by atoms with Crippen LogP contribution in [-0.2, 0) is 0 Å². The number of rotatable bonds is 2. The van der Waals surface area contributed by atoms with Crippen LogP contribution >= 0.6 is 0 Å². The largest absolute Gasteiger partial charge is 0.507 e. The third kappa shape index (κ3) is 1.60.